The number of pyridine rings is 1. The molecule has 4 nitrogen and oxygen atoms in total. The summed E-state index contributed by atoms with van der Waals surface area (Å²) in [6, 6.07) is 4.32. The van der Waals surface area contributed by atoms with Crippen LogP contribution in [0.3, 0.4) is 0 Å². The molecule has 4 rings (SSSR count). The van der Waals surface area contributed by atoms with Crippen LogP contribution in [0, 0.1) is 0 Å². The Morgan fingerprint density at radius 1 is 1.04 bits per heavy atom. The van der Waals surface area contributed by atoms with Crippen LogP contribution in [0.5, 0.6) is 0 Å². The van der Waals surface area contributed by atoms with Crippen LogP contribution in [0.1, 0.15) is 53.4 Å². The fraction of sp³-hybridized carbons (Fsp3) is 0.650. The van der Waals surface area contributed by atoms with Crippen molar-refractivity contribution in [1.29, 1.82) is 0 Å². The summed E-state index contributed by atoms with van der Waals surface area (Å²) in [5.74, 6) is 0. The maximum Gasteiger partial charge on any atom is 0.139 e. The van der Waals surface area contributed by atoms with Crippen LogP contribution in [-0.2, 0) is 0 Å². The Hall–Kier alpha value is -1.55. The van der Waals surface area contributed by atoms with Crippen molar-refractivity contribution in [3.05, 3.63) is 24.5 Å². The molecule has 134 valence electrons. The second-order valence-corrected chi connectivity index (χ2v) is 6.34. The van der Waals surface area contributed by atoms with Crippen molar-refractivity contribution in [1.82, 2.24) is 14.9 Å². The molecule has 2 saturated heterocycles. The van der Waals surface area contributed by atoms with Crippen LogP contribution in [0.4, 0.5) is 5.69 Å². The third-order valence-corrected chi connectivity index (χ3v) is 5.28. The summed E-state index contributed by atoms with van der Waals surface area (Å²) in [6.45, 7) is 11.6. The summed E-state index contributed by atoms with van der Waals surface area (Å²) in [4.78, 5) is 12.8. The van der Waals surface area contributed by atoms with Gasteiger partial charge in [-0.3, -0.25) is 4.90 Å². The molecule has 0 amide bonds. The molecular weight excluding hydrogens is 296 g/mol. The molecule has 4 heteroatoms. The van der Waals surface area contributed by atoms with E-state index in [0.29, 0.717) is 5.54 Å². The fourth-order valence-electron chi connectivity index (χ4n) is 4.13. The highest BCUT2D eigenvalue weighted by atomic mass is 15.3. The number of likely N-dealkylation sites (tertiary alicyclic amines) is 1. The van der Waals surface area contributed by atoms with Crippen LogP contribution in [0.2, 0.25) is 0 Å². The number of nitrogens with one attached hydrogen (secondary N) is 1. The summed E-state index contributed by atoms with van der Waals surface area (Å²) in [6.07, 6.45) is 9.25. The number of piperidine rings is 1. The Labute approximate surface area is 147 Å². The van der Waals surface area contributed by atoms with Crippen molar-refractivity contribution in [2.24, 2.45) is 0 Å². The van der Waals surface area contributed by atoms with Crippen LogP contribution in [-0.4, -0.2) is 47.1 Å². The number of likely N-dealkylation sites (N-methyl/N-ethyl adjacent to an activating group) is 1. The Morgan fingerprint density at radius 3 is 2.46 bits per heavy atom. The van der Waals surface area contributed by atoms with Gasteiger partial charge in [0.1, 0.15) is 5.65 Å². The van der Waals surface area contributed by atoms with Crippen molar-refractivity contribution in [3.63, 3.8) is 0 Å². The molecule has 4 heterocycles. The second kappa shape index (κ2) is 8.52. The molecular formula is C20H34N4. The molecule has 0 saturated carbocycles. The number of nitrogens with zero attached hydrogens (tertiary/aromatic N) is 3. The standard InChI is InChI=1S/C16H22N4.2C2H6/c1-19-10-2-6-16(19)7-3-11-20(12-16)14-5-9-18-15-13(14)4-8-17-15;2*1-2/h4-5,8-9H,2-3,6-7,10-12H2,1H3,(H,17,18);2*1-2H3. The predicted octanol–water partition coefficient (Wildman–Crippen LogP) is 4.68. The van der Waals surface area contributed by atoms with E-state index < -0.39 is 0 Å². The van der Waals surface area contributed by atoms with Gasteiger partial charge in [0, 0.05) is 42.1 Å². The molecule has 2 aromatic rings. The average molecular weight is 331 g/mol. The number of aromatic nitrogens is 2. The highest BCUT2D eigenvalue weighted by molar-refractivity contribution is 5.89. The lowest BCUT2D eigenvalue weighted by Crippen LogP contribution is -2.54. The molecule has 2 aromatic heterocycles. The van der Waals surface area contributed by atoms with Crippen molar-refractivity contribution < 1.29 is 0 Å². The zero-order chi connectivity index (χ0) is 17.6. The lowest BCUT2D eigenvalue weighted by Gasteiger charge is -2.45. The first kappa shape index (κ1) is 18.8. The highest BCUT2D eigenvalue weighted by Gasteiger charge is 2.42. The minimum Gasteiger partial charge on any atom is -0.369 e. The molecule has 2 aliphatic rings. The number of H-pyrrole nitrogens is 1. The van der Waals surface area contributed by atoms with Gasteiger partial charge in [-0.25, -0.2) is 4.98 Å². The third kappa shape index (κ3) is 3.44. The average Bonchev–Trinajstić information content (AvgIpc) is 3.26. The van der Waals surface area contributed by atoms with Gasteiger partial charge in [-0.1, -0.05) is 27.7 Å². The molecule has 2 aliphatic heterocycles. The minimum absolute atomic E-state index is 0.407. The third-order valence-electron chi connectivity index (χ3n) is 5.28. The highest BCUT2D eigenvalue weighted by Crippen LogP contribution is 2.38. The molecule has 0 radical (unpaired) electrons. The van der Waals surface area contributed by atoms with Crippen LogP contribution < -0.4 is 4.90 Å². The molecule has 1 unspecified atom stereocenters. The Morgan fingerprint density at radius 2 is 1.75 bits per heavy atom. The zero-order valence-corrected chi connectivity index (χ0v) is 16.1. The van der Waals surface area contributed by atoms with E-state index >= 15 is 0 Å². The SMILES string of the molecule is CC.CC.CN1CCCC12CCCN(c1ccnc3[nH]ccc13)C2. The largest absolute Gasteiger partial charge is 0.369 e. The molecule has 0 bridgehead atoms. The van der Waals surface area contributed by atoms with Crippen molar-refractivity contribution in [3.8, 4) is 0 Å². The van der Waals surface area contributed by atoms with Gasteiger partial charge in [0.25, 0.3) is 0 Å². The van der Waals surface area contributed by atoms with E-state index in [1.54, 1.807) is 0 Å². The molecule has 0 aliphatic carbocycles. The fourth-order valence-corrected chi connectivity index (χ4v) is 4.13. The number of hydrogen-bond acceptors (Lipinski definition) is 3. The Bertz CT molecular complexity index is 621. The summed E-state index contributed by atoms with van der Waals surface area (Å²) >= 11 is 0. The summed E-state index contributed by atoms with van der Waals surface area (Å²) in [5.41, 5.74) is 2.75. The van der Waals surface area contributed by atoms with Gasteiger partial charge in [0.2, 0.25) is 0 Å². The molecule has 0 aromatic carbocycles. The van der Waals surface area contributed by atoms with E-state index in [9.17, 15) is 0 Å². The predicted molar refractivity (Wildman–Crippen MR) is 105 cm³/mol. The van der Waals surface area contributed by atoms with Crippen molar-refractivity contribution in [2.45, 2.75) is 58.9 Å². The van der Waals surface area contributed by atoms with Crippen LogP contribution in [0.15, 0.2) is 24.5 Å². The maximum absolute atomic E-state index is 4.41. The van der Waals surface area contributed by atoms with Crippen LogP contribution in [0.25, 0.3) is 11.0 Å². The summed E-state index contributed by atoms with van der Waals surface area (Å²) < 4.78 is 0. The lowest BCUT2D eigenvalue weighted by atomic mass is 9.86. The van der Waals surface area contributed by atoms with Crippen molar-refractivity contribution in [2.75, 3.05) is 31.6 Å². The molecule has 1 N–H and O–H groups in total. The summed E-state index contributed by atoms with van der Waals surface area (Å²) in [7, 11) is 2.30. The first-order valence-corrected chi connectivity index (χ1v) is 9.67. The van der Waals surface area contributed by atoms with Gasteiger partial charge in [-0.2, -0.15) is 0 Å². The number of rotatable bonds is 1. The lowest BCUT2D eigenvalue weighted by molar-refractivity contribution is 0.147. The summed E-state index contributed by atoms with van der Waals surface area (Å²) in [5, 5.41) is 1.25. The Kier molecular flexibility index (Phi) is 6.67. The van der Waals surface area contributed by atoms with Gasteiger partial charge in [0.05, 0.1) is 0 Å². The Balaban J connectivity index is 0.000000487. The van der Waals surface area contributed by atoms with Crippen LogP contribution >= 0.6 is 0 Å². The smallest absolute Gasteiger partial charge is 0.139 e. The maximum atomic E-state index is 4.41. The number of aromatic amines is 1. The number of hydrogen-bond donors (Lipinski definition) is 1. The van der Waals surface area contributed by atoms with E-state index in [1.165, 1.54) is 49.8 Å². The second-order valence-electron chi connectivity index (χ2n) is 6.34. The minimum atomic E-state index is 0.407. The van der Waals surface area contributed by atoms with Gasteiger partial charge >= 0.3 is 0 Å². The van der Waals surface area contributed by atoms with Crippen molar-refractivity contribution >= 4 is 16.7 Å². The topological polar surface area (TPSA) is 35.2 Å². The molecule has 24 heavy (non-hydrogen) atoms. The van der Waals surface area contributed by atoms with E-state index in [-0.39, 0.29) is 0 Å². The van der Waals surface area contributed by atoms with Gasteiger partial charge in [0.15, 0.2) is 0 Å². The van der Waals surface area contributed by atoms with E-state index in [1.807, 2.05) is 40.1 Å². The first-order valence-electron chi connectivity index (χ1n) is 9.67. The zero-order valence-electron chi connectivity index (χ0n) is 16.1. The number of fused-ring (bicyclic) bond motifs is 1. The first-order chi connectivity index (χ1) is 11.8. The van der Waals surface area contributed by atoms with E-state index in [4.69, 9.17) is 0 Å². The van der Waals surface area contributed by atoms with Gasteiger partial charge < -0.3 is 9.88 Å². The van der Waals surface area contributed by atoms with Gasteiger partial charge in [-0.15, -0.1) is 0 Å². The molecule has 2 fully saturated rings. The monoisotopic (exact) mass is 330 g/mol. The normalized spacial score (nSPS) is 23.6. The quantitative estimate of drug-likeness (QED) is 0.824. The van der Waals surface area contributed by atoms with E-state index in [0.717, 1.165) is 12.2 Å². The number of anilines is 1. The molecule has 1 atom stereocenters. The van der Waals surface area contributed by atoms with Gasteiger partial charge in [-0.05, 0) is 51.4 Å². The van der Waals surface area contributed by atoms with E-state index in [2.05, 4.69) is 38.9 Å². The molecule has 1 spiro atoms.